The van der Waals surface area contributed by atoms with Gasteiger partial charge in [-0.25, -0.2) is 9.07 Å². The fourth-order valence-corrected chi connectivity index (χ4v) is 2.97. The third-order valence-corrected chi connectivity index (χ3v) is 4.29. The van der Waals surface area contributed by atoms with Crippen molar-refractivity contribution in [1.29, 1.82) is 0 Å². The molecule has 0 spiro atoms. The molecule has 1 aliphatic heterocycles. The van der Waals surface area contributed by atoms with Gasteiger partial charge in [-0.15, -0.1) is 0 Å². The van der Waals surface area contributed by atoms with E-state index in [4.69, 9.17) is 9.84 Å². The smallest absolute Gasteiger partial charge is 0.150 e. The lowest BCUT2D eigenvalue weighted by molar-refractivity contribution is -0.0397. The molecule has 1 unspecified atom stereocenters. The van der Waals surface area contributed by atoms with Crippen LogP contribution in [0.3, 0.4) is 0 Å². The fourth-order valence-electron chi connectivity index (χ4n) is 2.97. The van der Waals surface area contributed by atoms with Crippen LogP contribution < -0.4 is 0 Å². The summed E-state index contributed by atoms with van der Waals surface area (Å²) in [6.45, 7) is 2.99. The maximum Gasteiger partial charge on any atom is 0.150 e. The Hall–Kier alpha value is -1.68. The molecule has 0 N–H and O–H groups in total. The van der Waals surface area contributed by atoms with Crippen molar-refractivity contribution in [3.8, 4) is 0 Å². The van der Waals surface area contributed by atoms with Gasteiger partial charge < -0.3 is 4.74 Å². The number of rotatable bonds is 5. The zero-order valence-corrected chi connectivity index (χ0v) is 13.1. The first-order valence-electron chi connectivity index (χ1n) is 8.19. The second-order valence-corrected chi connectivity index (χ2v) is 5.88. The standard InChI is InChI=1S/C18H23FN2O/c1-2-15-13-21(18-5-3-4-12-22-18)20-17(15)11-8-14-6-9-16(19)10-7-14/h6-7,9-10,13,18H,2-5,8,11-12H2,1H3. The van der Waals surface area contributed by atoms with E-state index in [9.17, 15) is 4.39 Å². The van der Waals surface area contributed by atoms with Crippen LogP contribution in [0.5, 0.6) is 0 Å². The highest BCUT2D eigenvalue weighted by molar-refractivity contribution is 5.21. The zero-order chi connectivity index (χ0) is 15.4. The third-order valence-electron chi connectivity index (χ3n) is 4.29. The van der Waals surface area contributed by atoms with Gasteiger partial charge in [0.1, 0.15) is 12.0 Å². The van der Waals surface area contributed by atoms with E-state index in [0.29, 0.717) is 0 Å². The maximum atomic E-state index is 12.9. The molecule has 3 rings (SSSR count). The Morgan fingerprint density at radius 3 is 2.73 bits per heavy atom. The lowest BCUT2D eigenvalue weighted by Crippen LogP contribution is -2.18. The summed E-state index contributed by atoms with van der Waals surface area (Å²) in [5, 5.41) is 4.75. The highest BCUT2D eigenvalue weighted by atomic mass is 19.1. The first-order valence-corrected chi connectivity index (χ1v) is 8.19. The Morgan fingerprint density at radius 1 is 1.23 bits per heavy atom. The Labute approximate surface area is 131 Å². The normalized spacial score (nSPS) is 18.5. The van der Waals surface area contributed by atoms with Crippen LogP contribution in [-0.4, -0.2) is 16.4 Å². The van der Waals surface area contributed by atoms with Crippen molar-refractivity contribution in [2.45, 2.75) is 51.7 Å². The molecule has 3 nitrogen and oxygen atoms in total. The largest absolute Gasteiger partial charge is 0.357 e. The van der Waals surface area contributed by atoms with E-state index in [1.54, 1.807) is 0 Å². The summed E-state index contributed by atoms with van der Waals surface area (Å²) in [7, 11) is 0. The summed E-state index contributed by atoms with van der Waals surface area (Å²) in [5.74, 6) is -0.184. The minimum Gasteiger partial charge on any atom is -0.357 e. The van der Waals surface area contributed by atoms with Gasteiger partial charge in [-0.3, -0.25) is 0 Å². The van der Waals surface area contributed by atoms with Gasteiger partial charge in [-0.2, -0.15) is 5.10 Å². The van der Waals surface area contributed by atoms with Gasteiger partial charge in [0.15, 0.2) is 0 Å². The molecule has 1 saturated heterocycles. The van der Waals surface area contributed by atoms with Crippen LogP contribution in [0.1, 0.15) is 49.2 Å². The number of benzene rings is 1. The van der Waals surface area contributed by atoms with Crippen LogP contribution in [0, 0.1) is 5.82 Å². The lowest BCUT2D eigenvalue weighted by atomic mass is 10.1. The molecule has 0 saturated carbocycles. The second-order valence-electron chi connectivity index (χ2n) is 5.88. The molecule has 0 radical (unpaired) electrons. The van der Waals surface area contributed by atoms with E-state index in [1.807, 2.05) is 16.8 Å². The molecular weight excluding hydrogens is 279 g/mol. The molecule has 2 heterocycles. The van der Waals surface area contributed by atoms with Crippen molar-refractivity contribution >= 4 is 0 Å². The monoisotopic (exact) mass is 302 g/mol. The van der Waals surface area contributed by atoms with Crippen molar-refractivity contribution in [3.63, 3.8) is 0 Å². The zero-order valence-electron chi connectivity index (χ0n) is 13.1. The van der Waals surface area contributed by atoms with Gasteiger partial charge in [-0.1, -0.05) is 19.1 Å². The predicted molar refractivity (Wildman–Crippen MR) is 84.3 cm³/mol. The van der Waals surface area contributed by atoms with Gasteiger partial charge in [0.25, 0.3) is 0 Å². The van der Waals surface area contributed by atoms with Gasteiger partial charge in [0.05, 0.1) is 5.69 Å². The minimum absolute atomic E-state index is 0.0959. The lowest BCUT2D eigenvalue weighted by Gasteiger charge is -2.22. The molecule has 1 atom stereocenters. The molecule has 22 heavy (non-hydrogen) atoms. The molecule has 0 amide bonds. The van der Waals surface area contributed by atoms with E-state index in [1.165, 1.54) is 24.1 Å². The van der Waals surface area contributed by atoms with Crippen molar-refractivity contribution in [1.82, 2.24) is 9.78 Å². The summed E-state index contributed by atoms with van der Waals surface area (Å²) < 4.78 is 20.8. The molecule has 1 fully saturated rings. The van der Waals surface area contributed by atoms with E-state index < -0.39 is 0 Å². The summed E-state index contributed by atoms with van der Waals surface area (Å²) in [6.07, 6.45) is 8.37. The summed E-state index contributed by atoms with van der Waals surface area (Å²) >= 11 is 0. The van der Waals surface area contributed by atoms with Crippen molar-refractivity contribution < 1.29 is 9.13 Å². The molecule has 1 aromatic carbocycles. The Bertz CT molecular complexity index is 600. The summed E-state index contributed by atoms with van der Waals surface area (Å²) in [5.41, 5.74) is 3.57. The van der Waals surface area contributed by atoms with Crippen LogP contribution in [0.25, 0.3) is 0 Å². The van der Waals surface area contributed by atoms with E-state index in [-0.39, 0.29) is 12.0 Å². The maximum absolute atomic E-state index is 12.9. The van der Waals surface area contributed by atoms with Gasteiger partial charge >= 0.3 is 0 Å². The average Bonchev–Trinajstić information content (AvgIpc) is 2.98. The number of aryl methyl sites for hydroxylation is 3. The molecule has 0 aliphatic carbocycles. The van der Waals surface area contributed by atoms with Gasteiger partial charge in [0, 0.05) is 12.8 Å². The van der Waals surface area contributed by atoms with Crippen LogP contribution in [0.2, 0.25) is 0 Å². The number of nitrogens with zero attached hydrogens (tertiary/aromatic N) is 2. The molecular formula is C18H23FN2O. The number of halogens is 1. The predicted octanol–water partition coefficient (Wildman–Crippen LogP) is 4.07. The fraction of sp³-hybridized carbons (Fsp3) is 0.500. The minimum atomic E-state index is -0.184. The van der Waals surface area contributed by atoms with Crippen LogP contribution in [0.4, 0.5) is 4.39 Å². The third kappa shape index (κ3) is 3.55. The van der Waals surface area contributed by atoms with Crippen molar-refractivity contribution in [2.75, 3.05) is 6.61 Å². The topological polar surface area (TPSA) is 27.1 Å². The number of hydrogen-bond acceptors (Lipinski definition) is 2. The van der Waals surface area contributed by atoms with Crippen LogP contribution in [-0.2, 0) is 24.0 Å². The average molecular weight is 302 g/mol. The van der Waals surface area contributed by atoms with Crippen LogP contribution >= 0.6 is 0 Å². The molecule has 2 aromatic rings. The highest BCUT2D eigenvalue weighted by Gasteiger charge is 2.18. The van der Waals surface area contributed by atoms with Crippen LogP contribution in [0.15, 0.2) is 30.5 Å². The van der Waals surface area contributed by atoms with Gasteiger partial charge in [0.2, 0.25) is 0 Å². The summed E-state index contributed by atoms with van der Waals surface area (Å²) in [6, 6.07) is 6.74. The second kappa shape index (κ2) is 7.05. The Balaban J connectivity index is 1.69. The number of ether oxygens (including phenoxy) is 1. The Kier molecular flexibility index (Phi) is 4.88. The number of hydrogen-bond donors (Lipinski definition) is 0. The van der Waals surface area contributed by atoms with E-state index in [2.05, 4.69) is 13.1 Å². The Morgan fingerprint density at radius 2 is 2.05 bits per heavy atom. The molecule has 4 heteroatoms. The quantitative estimate of drug-likeness (QED) is 0.832. The first-order chi connectivity index (χ1) is 10.8. The summed E-state index contributed by atoms with van der Waals surface area (Å²) in [4.78, 5) is 0. The molecule has 1 aromatic heterocycles. The van der Waals surface area contributed by atoms with Crippen molar-refractivity contribution in [3.05, 3.63) is 53.1 Å². The molecule has 1 aliphatic rings. The van der Waals surface area contributed by atoms with E-state index >= 15 is 0 Å². The highest BCUT2D eigenvalue weighted by Crippen LogP contribution is 2.23. The van der Waals surface area contributed by atoms with E-state index in [0.717, 1.165) is 50.0 Å². The molecule has 0 bridgehead atoms. The SMILES string of the molecule is CCc1cn(C2CCCCO2)nc1CCc1ccc(F)cc1. The number of aromatic nitrogens is 2. The first kappa shape index (κ1) is 15.2. The molecule has 118 valence electrons. The van der Waals surface area contributed by atoms with Crippen molar-refractivity contribution in [2.24, 2.45) is 0 Å². The van der Waals surface area contributed by atoms with Gasteiger partial charge in [-0.05, 0) is 61.8 Å².